The van der Waals surface area contributed by atoms with Crippen molar-refractivity contribution in [1.82, 2.24) is 9.88 Å². The van der Waals surface area contributed by atoms with Gasteiger partial charge in [0, 0.05) is 30.9 Å². The summed E-state index contributed by atoms with van der Waals surface area (Å²) < 4.78 is 12.8. The van der Waals surface area contributed by atoms with E-state index >= 15 is 0 Å². The van der Waals surface area contributed by atoms with E-state index in [0.717, 1.165) is 24.2 Å². The number of hydrogen-bond acceptors (Lipinski definition) is 7. The van der Waals surface area contributed by atoms with Crippen LogP contribution >= 0.6 is 12.4 Å². The van der Waals surface area contributed by atoms with E-state index in [2.05, 4.69) is 9.88 Å². The van der Waals surface area contributed by atoms with Gasteiger partial charge in [-0.15, -0.1) is 12.4 Å². The molecule has 3 heterocycles. The molecule has 2 saturated carbocycles. The number of aromatic hydroxyl groups is 1. The molecule has 3 aliphatic carbocycles. The maximum atomic E-state index is 13.5. The fourth-order valence-electron chi connectivity index (χ4n) is 7.15. The smallest absolute Gasteiger partial charge is 0.340 e. The first-order valence-corrected chi connectivity index (χ1v) is 12.0. The topological polar surface area (TPSA) is 89.0 Å². The predicted octanol–water partition coefficient (Wildman–Crippen LogP) is 3.21. The minimum atomic E-state index is -0.891. The first-order valence-electron chi connectivity index (χ1n) is 12.0. The molecule has 1 N–H and O–H groups in total. The Hall–Kier alpha value is -2.64. The van der Waals surface area contributed by atoms with Crippen LogP contribution in [0.5, 0.6) is 11.5 Å². The number of rotatable bonds is 4. The molecular formula is C26H27ClN2O5. The Morgan fingerprint density at radius 1 is 1.26 bits per heavy atom. The Kier molecular flexibility index (Phi) is 4.78. The largest absolute Gasteiger partial charge is 0.504 e. The van der Waals surface area contributed by atoms with E-state index in [4.69, 9.17) is 9.47 Å². The number of Topliss-reactive ketones (excluding diaryl/α,β-unsaturated/α-hetero) is 1. The molecule has 1 aromatic carbocycles. The average molecular weight is 483 g/mol. The Balaban J connectivity index is 0.00000217. The maximum absolute atomic E-state index is 13.5. The summed E-state index contributed by atoms with van der Waals surface area (Å²) in [4.78, 5) is 33.3. The van der Waals surface area contributed by atoms with E-state index in [1.165, 1.54) is 19.0 Å². The Bertz CT molecular complexity index is 1190. The molecule has 0 unspecified atom stereocenters. The summed E-state index contributed by atoms with van der Waals surface area (Å²) in [6, 6.07) is 7.04. The van der Waals surface area contributed by atoms with Crippen molar-refractivity contribution in [2.24, 2.45) is 5.92 Å². The van der Waals surface area contributed by atoms with Gasteiger partial charge in [0.25, 0.3) is 0 Å². The lowest BCUT2D eigenvalue weighted by molar-refractivity contribution is -0.190. The van der Waals surface area contributed by atoms with Gasteiger partial charge < -0.3 is 14.6 Å². The number of phenols is 1. The third-order valence-corrected chi connectivity index (χ3v) is 8.69. The van der Waals surface area contributed by atoms with Gasteiger partial charge in [-0.3, -0.25) is 14.7 Å². The number of esters is 1. The molecule has 1 spiro atoms. The maximum Gasteiger partial charge on any atom is 0.340 e. The monoisotopic (exact) mass is 482 g/mol. The number of ether oxygens (including phenoxy) is 2. The van der Waals surface area contributed by atoms with Gasteiger partial charge in [-0.05, 0) is 68.3 Å². The molecule has 1 saturated heterocycles. The van der Waals surface area contributed by atoms with Crippen molar-refractivity contribution in [2.45, 2.75) is 61.7 Å². The third kappa shape index (κ3) is 2.71. The lowest BCUT2D eigenvalue weighted by atomic mass is 9.48. The molecule has 2 aliphatic heterocycles. The zero-order valence-electron chi connectivity index (χ0n) is 18.7. The molecule has 8 heteroatoms. The normalized spacial score (nSPS) is 32.9. The average Bonchev–Trinajstić information content (AvgIpc) is 3.57. The predicted molar refractivity (Wildman–Crippen MR) is 124 cm³/mol. The van der Waals surface area contributed by atoms with Crippen molar-refractivity contribution < 1.29 is 24.2 Å². The highest BCUT2D eigenvalue weighted by Gasteiger charge is 2.75. The summed E-state index contributed by atoms with van der Waals surface area (Å²) in [5.74, 6) is 0.773. The highest BCUT2D eigenvalue weighted by Crippen LogP contribution is 2.66. The number of halogens is 1. The van der Waals surface area contributed by atoms with Crippen LogP contribution in [0.15, 0.2) is 36.7 Å². The van der Waals surface area contributed by atoms with Crippen molar-refractivity contribution in [3.63, 3.8) is 0 Å². The number of ketones is 1. The van der Waals surface area contributed by atoms with Crippen LogP contribution in [-0.2, 0) is 21.4 Å². The van der Waals surface area contributed by atoms with Gasteiger partial charge in [-0.1, -0.05) is 6.07 Å². The number of phenolic OH excluding ortho intramolecular Hbond substituents is 1. The molecule has 4 atom stereocenters. The van der Waals surface area contributed by atoms with Gasteiger partial charge in [-0.2, -0.15) is 0 Å². The van der Waals surface area contributed by atoms with Crippen LogP contribution in [0.1, 0.15) is 53.6 Å². The van der Waals surface area contributed by atoms with Crippen molar-refractivity contribution in [3.05, 3.63) is 53.3 Å². The number of likely N-dealkylation sites (tertiary alicyclic amines) is 1. The van der Waals surface area contributed by atoms with Crippen molar-refractivity contribution in [2.75, 3.05) is 13.1 Å². The fourth-order valence-corrected chi connectivity index (χ4v) is 7.15. The first-order chi connectivity index (χ1) is 16.0. The molecule has 7 nitrogen and oxygen atoms in total. The third-order valence-electron chi connectivity index (χ3n) is 8.69. The number of piperidine rings is 1. The van der Waals surface area contributed by atoms with Crippen LogP contribution in [-0.4, -0.2) is 57.6 Å². The van der Waals surface area contributed by atoms with Gasteiger partial charge in [0.1, 0.15) is 5.60 Å². The molecule has 2 aromatic rings. The van der Waals surface area contributed by atoms with Crippen LogP contribution in [0.2, 0.25) is 0 Å². The van der Waals surface area contributed by atoms with Crippen LogP contribution in [0.4, 0.5) is 0 Å². The molecule has 34 heavy (non-hydrogen) atoms. The van der Waals surface area contributed by atoms with E-state index in [-0.39, 0.29) is 30.0 Å². The van der Waals surface area contributed by atoms with Gasteiger partial charge in [0.15, 0.2) is 23.4 Å². The Morgan fingerprint density at radius 3 is 2.88 bits per heavy atom. The lowest BCUT2D eigenvalue weighted by Crippen LogP contribution is -2.77. The number of hydrogen-bond donors (Lipinski definition) is 1. The molecule has 5 aliphatic rings. The van der Waals surface area contributed by atoms with E-state index in [0.29, 0.717) is 42.9 Å². The number of carbonyl (C=O) groups excluding carboxylic acids is 2. The van der Waals surface area contributed by atoms with E-state index in [9.17, 15) is 14.7 Å². The van der Waals surface area contributed by atoms with Gasteiger partial charge >= 0.3 is 5.97 Å². The second-order valence-corrected chi connectivity index (χ2v) is 10.3. The van der Waals surface area contributed by atoms with E-state index < -0.39 is 23.1 Å². The number of benzene rings is 1. The van der Waals surface area contributed by atoms with Gasteiger partial charge in [-0.25, -0.2) is 4.79 Å². The summed E-state index contributed by atoms with van der Waals surface area (Å²) in [6.07, 6.45) is 7.05. The molecule has 2 bridgehead atoms. The number of aromatic nitrogens is 1. The Morgan fingerprint density at radius 2 is 2.12 bits per heavy atom. The summed E-state index contributed by atoms with van der Waals surface area (Å²) in [5, 5.41) is 10.7. The minimum absolute atomic E-state index is 0. The molecule has 1 aromatic heterocycles. The van der Waals surface area contributed by atoms with Crippen LogP contribution < -0.4 is 4.74 Å². The van der Waals surface area contributed by atoms with Crippen LogP contribution in [0.3, 0.4) is 0 Å². The molecule has 178 valence electrons. The van der Waals surface area contributed by atoms with Gasteiger partial charge in [0.05, 0.1) is 17.0 Å². The summed E-state index contributed by atoms with van der Waals surface area (Å²) >= 11 is 0. The Labute approximate surface area is 203 Å². The van der Waals surface area contributed by atoms with Gasteiger partial charge in [0.2, 0.25) is 0 Å². The number of carbonyl (C=O) groups is 2. The van der Waals surface area contributed by atoms with Crippen molar-refractivity contribution in [3.8, 4) is 11.5 Å². The number of nitrogens with zero attached hydrogens (tertiary/aromatic N) is 2. The first kappa shape index (κ1) is 21.9. The highest BCUT2D eigenvalue weighted by atomic mass is 35.5. The van der Waals surface area contributed by atoms with Crippen molar-refractivity contribution >= 4 is 24.2 Å². The summed E-state index contributed by atoms with van der Waals surface area (Å²) in [6.45, 7) is 1.82. The standard InChI is InChI=1S/C26H26N2O5.ClH/c29-18-6-5-16-12-20-26(33-24(31)17-2-1-10-27-13-17)8-7-19(30)23-25(26,21(16)22(18)32-23)9-11-28(20)14-15-3-4-15;/h1-2,5-6,10,13,15,20,23,29H,3-4,7-9,11-12,14H2;1H/t20-,23+,25+,26-;/m1./s1. The summed E-state index contributed by atoms with van der Waals surface area (Å²) in [5.41, 5.74) is 0.731. The second kappa shape index (κ2) is 7.43. The van der Waals surface area contributed by atoms with Crippen LogP contribution in [0, 0.1) is 5.92 Å². The fraction of sp³-hybridized carbons (Fsp3) is 0.500. The van der Waals surface area contributed by atoms with Crippen molar-refractivity contribution in [1.29, 1.82) is 0 Å². The summed E-state index contributed by atoms with van der Waals surface area (Å²) in [7, 11) is 0. The second-order valence-electron chi connectivity index (χ2n) is 10.3. The number of pyridine rings is 1. The molecule has 0 radical (unpaired) electrons. The van der Waals surface area contributed by atoms with E-state index in [1.807, 2.05) is 6.07 Å². The molecular weight excluding hydrogens is 456 g/mol. The van der Waals surface area contributed by atoms with Crippen LogP contribution in [0.25, 0.3) is 0 Å². The molecule has 0 amide bonds. The molecule has 3 fully saturated rings. The lowest BCUT2D eigenvalue weighted by Gasteiger charge is -2.63. The minimum Gasteiger partial charge on any atom is -0.504 e. The highest BCUT2D eigenvalue weighted by molar-refractivity contribution is 5.92. The zero-order valence-corrected chi connectivity index (χ0v) is 19.6. The quantitative estimate of drug-likeness (QED) is 0.669. The van der Waals surface area contributed by atoms with E-state index in [1.54, 1.807) is 24.4 Å². The molecule has 7 rings (SSSR count). The zero-order chi connectivity index (χ0) is 22.4. The SMILES string of the molecule is Cl.O=C(O[C@@]12CCC(=O)[C@@H]3Oc4c(O)ccc5c4[C@@]31CCN(CC1CC1)[C@@H]2C5)c1cccnc1.